The highest BCUT2D eigenvalue weighted by Gasteiger charge is 2.51. The van der Waals surface area contributed by atoms with Gasteiger partial charge in [-0.1, -0.05) is 57.2 Å². The maximum atomic E-state index is 10.6. The number of nitrogens with zero attached hydrogens (tertiary/aromatic N) is 1. The molecule has 10 heteroatoms. The summed E-state index contributed by atoms with van der Waals surface area (Å²) in [6.45, 7) is 15.2. The summed E-state index contributed by atoms with van der Waals surface area (Å²) >= 11 is 0. The molecular weight excluding hydrogens is 461 g/mol. The van der Waals surface area contributed by atoms with Gasteiger partial charge in [0.1, 0.15) is 0 Å². The maximum Gasteiger partial charge on any atom is 0.494 e. The van der Waals surface area contributed by atoms with Gasteiger partial charge in [0.05, 0.1) is 17.5 Å². The van der Waals surface area contributed by atoms with Crippen molar-refractivity contribution in [1.82, 2.24) is 5.32 Å². The van der Waals surface area contributed by atoms with Crippen LogP contribution in [0.3, 0.4) is 0 Å². The zero-order valence-electron chi connectivity index (χ0n) is 22.0. The average Bonchev–Trinajstić information content (AvgIpc) is 2.97. The molecule has 2 aromatic rings. The van der Waals surface area contributed by atoms with Crippen LogP contribution < -0.4 is 16.5 Å². The van der Waals surface area contributed by atoms with Gasteiger partial charge in [0.2, 0.25) is 0 Å². The van der Waals surface area contributed by atoms with Crippen molar-refractivity contribution in [3.63, 3.8) is 0 Å². The number of hydrogen-bond acceptors (Lipinski definition) is 4. The van der Waals surface area contributed by atoms with E-state index in [4.69, 9.17) is 24.3 Å². The first-order chi connectivity index (χ1) is 16.5. The number of amides is 2. The minimum Gasteiger partial charge on any atom is -0.465 e. The number of rotatable bonds is 5. The summed E-state index contributed by atoms with van der Waals surface area (Å²) in [7, 11) is -0.486. The van der Waals surface area contributed by atoms with Crippen LogP contribution in [-0.4, -0.2) is 47.1 Å². The monoisotopic (exact) mass is 497 g/mol. The summed E-state index contributed by atoms with van der Waals surface area (Å²) < 4.78 is 12.5. The predicted octanol–water partition coefficient (Wildman–Crippen LogP) is 4.37. The molecule has 36 heavy (non-hydrogen) atoms. The van der Waals surface area contributed by atoms with E-state index in [2.05, 4.69) is 73.2 Å². The lowest BCUT2D eigenvalue weighted by atomic mass is 9.76. The lowest BCUT2D eigenvalue weighted by Crippen LogP contribution is -2.41. The van der Waals surface area contributed by atoms with Crippen molar-refractivity contribution in [3.8, 4) is 11.1 Å². The first-order valence-corrected chi connectivity index (χ1v) is 11.6. The van der Waals surface area contributed by atoms with E-state index in [1.807, 2.05) is 33.8 Å². The third kappa shape index (κ3) is 7.83. The molecule has 0 saturated carbocycles. The number of aliphatic imine (C=N–C) groups is 1. The second-order valence-corrected chi connectivity index (χ2v) is 10.6. The van der Waals surface area contributed by atoms with Gasteiger partial charge in [-0.05, 0) is 66.9 Å². The Balaban J connectivity index is 0.00000106. The number of carbonyl (C=O) groups is 2. The van der Waals surface area contributed by atoms with Crippen molar-refractivity contribution >= 4 is 31.1 Å². The number of benzene rings is 2. The number of hydrogen-bond donors (Lipinski definition) is 4. The Morgan fingerprint density at radius 2 is 1.53 bits per heavy atom. The van der Waals surface area contributed by atoms with E-state index >= 15 is 0 Å². The molecule has 3 rings (SSSR count). The third-order valence-electron chi connectivity index (χ3n) is 6.20. The third-order valence-corrected chi connectivity index (χ3v) is 6.20. The van der Waals surface area contributed by atoms with Crippen LogP contribution in [0.5, 0.6) is 0 Å². The molecule has 5 N–H and O–H groups in total. The molecule has 0 unspecified atom stereocenters. The zero-order valence-corrected chi connectivity index (χ0v) is 22.0. The molecule has 9 nitrogen and oxygen atoms in total. The van der Waals surface area contributed by atoms with Crippen LogP contribution in [0.2, 0.25) is 0 Å². The predicted molar refractivity (Wildman–Crippen MR) is 142 cm³/mol. The summed E-state index contributed by atoms with van der Waals surface area (Å²) in [4.78, 5) is 22.7. The molecule has 1 aliphatic heterocycles. The SMILES string of the molecule is CC(C)(C)c1ccc(-c2cc(CNC=NC(=O)O)cc(B3OC(C)(C)C(C)(C)O3)c2)cc1.NC(=O)O. The highest BCUT2D eigenvalue weighted by Crippen LogP contribution is 2.37. The minimum absolute atomic E-state index is 0.0849. The van der Waals surface area contributed by atoms with Gasteiger partial charge in [0.15, 0.2) is 0 Å². The number of nitrogens with one attached hydrogen (secondary N) is 1. The second kappa shape index (κ2) is 11.1. The fourth-order valence-electron chi connectivity index (χ4n) is 3.53. The van der Waals surface area contributed by atoms with Crippen molar-refractivity contribution in [1.29, 1.82) is 0 Å². The summed E-state index contributed by atoms with van der Waals surface area (Å²) in [5, 5.41) is 18.8. The second-order valence-electron chi connectivity index (χ2n) is 10.6. The summed E-state index contributed by atoms with van der Waals surface area (Å²) in [5.41, 5.74) is 8.55. The molecule has 2 amide bonds. The van der Waals surface area contributed by atoms with Gasteiger partial charge >= 0.3 is 19.3 Å². The molecule has 1 aliphatic rings. The molecule has 2 aromatic carbocycles. The fraction of sp³-hybridized carbons (Fsp3) is 0.423. The van der Waals surface area contributed by atoms with E-state index in [0.717, 1.165) is 22.2 Å². The molecule has 1 fully saturated rings. The first-order valence-electron chi connectivity index (χ1n) is 11.6. The Morgan fingerprint density at radius 1 is 1.00 bits per heavy atom. The number of nitrogens with two attached hydrogens (primary N) is 1. The fourth-order valence-corrected chi connectivity index (χ4v) is 3.53. The van der Waals surface area contributed by atoms with E-state index in [9.17, 15) is 4.79 Å². The van der Waals surface area contributed by atoms with Crippen molar-refractivity contribution in [2.75, 3.05) is 0 Å². The van der Waals surface area contributed by atoms with Crippen LogP contribution in [-0.2, 0) is 21.3 Å². The Labute approximate surface area is 212 Å². The van der Waals surface area contributed by atoms with E-state index < -0.39 is 30.5 Å². The summed E-state index contributed by atoms with van der Waals surface area (Å²) in [6, 6.07) is 14.8. The topological polar surface area (TPSA) is 143 Å². The van der Waals surface area contributed by atoms with Crippen LogP contribution in [0.4, 0.5) is 9.59 Å². The van der Waals surface area contributed by atoms with Crippen LogP contribution >= 0.6 is 0 Å². The molecule has 1 saturated heterocycles. The van der Waals surface area contributed by atoms with E-state index in [-0.39, 0.29) is 5.41 Å². The van der Waals surface area contributed by atoms with E-state index in [1.54, 1.807) is 0 Å². The van der Waals surface area contributed by atoms with Gasteiger partial charge in [0, 0.05) is 6.54 Å². The quantitative estimate of drug-likeness (QED) is 0.273. The van der Waals surface area contributed by atoms with Crippen LogP contribution in [0.25, 0.3) is 11.1 Å². The van der Waals surface area contributed by atoms with E-state index in [0.29, 0.717) is 6.54 Å². The highest BCUT2D eigenvalue weighted by molar-refractivity contribution is 6.62. The van der Waals surface area contributed by atoms with Gasteiger partial charge in [0.25, 0.3) is 0 Å². The molecule has 194 valence electrons. The smallest absolute Gasteiger partial charge is 0.465 e. The molecular formula is C26H36BN3O6. The van der Waals surface area contributed by atoms with Gasteiger partial charge in [-0.25, -0.2) is 9.59 Å². The van der Waals surface area contributed by atoms with Crippen LogP contribution in [0, 0.1) is 0 Å². The van der Waals surface area contributed by atoms with Crippen molar-refractivity contribution in [2.24, 2.45) is 10.7 Å². The molecule has 0 spiro atoms. The summed E-state index contributed by atoms with van der Waals surface area (Å²) in [5.74, 6) is 0. The lowest BCUT2D eigenvalue weighted by molar-refractivity contribution is 0.00578. The lowest BCUT2D eigenvalue weighted by Gasteiger charge is -2.32. The summed E-state index contributed by atoms with van der Waals surface area (Å²) in [6.07, 6.45) is -1.37. The average molecular weight is 497 g/mol. The largest absolute Gasteiger partial charge is 0.494 e. The van der Waals surface area contributed by atoms with Crippen molar-refractivity contribution in [2.45, 2.75) is 71.6 Å². The van der Waals surface area contributed by atoms with Gasteiger partial charge in [-0.3, -0.25) is 0 Å². The van der Waals surface area contributed by atoms with Gasteiger partial charge in [-0.15, -0.1) is 0 Å². The molecule has 0 bridgehead atoms. The normalized spacial score (nSPS) is 16.4. The van der Waals surface area contributed by atoms with E-state index in [1.165, 1.54) is 11.9 Å². The van der Waals surface area contributed by atoms with Crippen molar-refractivity contribution < 1.29 is 29.1 Å². The highest BCUT2D eigenvalue weighted by atomic mass is 16.7. The maximum absolute atomic E-state index is 10.6. The van der Waals surface area contributed by atoms with Gasteiger partial charge in [-0.2, -0.15) is 4.99 Å². The van der Waals surface area contributed by atoms with Crippen LogP contribution in [0.15, 0.2) is 47.5 Å². The molecule has 0 aromatic heterocycles. The standard InChI is InChI=1S/C25H33BN2O4.CH3NO2/c1-23(2,3)20-10-8-18(9-11-20)19-12-17(15-27-16-28-22(29)30)13-21(14-19)26-31-24(4,5)25(6,7)32-26;2-1(3)4/h8-14,16H,15H2,1-7H3,(H,27,28)(H,29,30);2H2,(H,3,4). The molecule has 0 aliphatic carbocycles. The molecule has 1 heterocycles. The Morgan fingerprint density at radius 3 is 2.00 bits per heavy atom. The number of carboxylic acid groups (broad SMARTS) is 2. The Bertz CT molecular complexity index is 1090. The molecule has 0 radical (unpaired) electrons. The van der Waals surface area contributed by atoms with Gasteiger partial charge < -0.3 is 30.6 Å². The van der Waals surface area contributed by atoms with Crippen molar-refractivity contribution in [3.05, 3.63) is 53.6 Å². The number of primary amides is 1. The Hall–Kier alpha value is -3.37. The Kier molecular flexibility index (Phi) is 8.93. The van der Waals surface area contributed by atoms with Crippen LogP contribution in [0.1, 0.15) is 59.6 Å². The first kappa shape index (κ1) is 28.9. The zero-order chi connectivity index (χ0) is 27.3. The minimum atomic E-state index is -1.33. The molecule has 0 atom stereocenters.